The Hall–Kier alpha value is -1.85. The molecule has 1 aliphatic heterocycles. The third-order valence-electron chi connectivity index (χ3n) is 9.69. The van der Waals surface area contributed by atoms with E-state index in [2.05, 4.69) is 85.3 Å². The minimum atomic E-state index is 0.396. The summed E-state index contributed by atoms with van der Waals surface area (Å²) in [4.78, 5) is 20.7. The molecule has 0 fully saturated rings. The quantitative estimate of drug-likeness (QED) is 0.0870. The molecule has 0 bridgehead atoms. The van der Waals surface area contributed by atoms with Crippen LogP contribution in [-0.2, 0) is 4.79 Å². The number of nitrogens with zero attached hydrogens (tertiary/aromatic N) is 2. The molecular weight excluding hydrogens is 625 g/mol. The van der Waals surface area contributed by atoms with Crippen LogP contribution in [0.3, 0.4) is 0 Å². The first-order valence-electron chi connectivity index (χ1n) is 19.8. The number of carbonyl (C=O) groups excluding carboxylic acids is 1. The van der Waals surface area contributed by atoms with E-state index in [4.69, 9.17) is 0 Å². The fraction of sp³-hybridized carbons (Fsp3) is 0.651. The highest BCUT2D eigenvalue weighted by Gasteiger charge is 2.18. The van der Waals surface area contributed by atoms with Crippen molar-refractivity contribution in [1.82, 2.24) is 4.90 Å². The Morgan fingerprint density at radius 1 is 0.542 bits per heavy atom. The molecule has 5 heteroatoms. The van der Waals surface area contributed by atoms with Gasteiger partial charge in [-0.05, 0) is 48.9 Å². The van der Waals surface area contributed by atoms with Gasteiger partial charge in [-0.1, -0.05) is 153 Å². The topological polar surface area (TPSA) is 23.6 Å². The fourth-order valence-electron chi connectivity index (χ4n) is 6.63. The minimum absolute atomic E-state index is 0.396. The third-order valence-corrected chi connectivity index (χ3v) is 12.3. The summed E-state index contributed by atoms with van der Waals surface area (Å²) in [7, 11) is 2.20. The Balaban J connectivity index is 1.38. The normalized spacial score (nSPS) is 13.2. The van der Waals surface area contributed by atoms with Gasteiger partial charge in [0.25, 0.3) is 0 Å². The summed E-state index contributed by atoms with van der Waals surface area (Å²) < 4.78 is 0. The van der Waals surface area contributed by atoms with Gasteiger partial charge in [0.1, 0.15) is 0 Å². The summed E-state index contributed by atoms with van der Waals surface area (Å²) in [6.45, 7) is 7.52. The standard InChI is InChI=1S/C43H68N2OS2/c1-4-6-8-10-12-14-16-24-34-45(35-25-17-15-13-11-9-7-5-2)41(46)28-22-19-23-33-44(3)40-31-29-39(30-32-40)43-42(47-36-37-48-43)38-26-20-18-21-27-38/h18,20-21,26-27,29-32H,4-17,19,22-25,28,33-37H2,1-3H3. The number of unbranched alkanes of at least 4 members (excludes halogenated alkanes) is 16. The van der Waals surface area contributed by atoms with E-state index in [1.165, 1.54) is 135 Å². The summed E-state index contributed by atoms with van der Waals surface area (Å²) >= 11 is 3.98. The second kappa shape index (κ2) is 26.0. The van der Waals surface area contributed by atoms with E-state index in [9.17, 15) is 4.79 Å². The highest BCUT2D eigenvalue weighted by Crippen LogP contribution is 2.45. The van der Waals surface area contributed by atoms with Crippen LogP contribution in [0, 0.1) is 0 Å². The minimum Gasteiger partial charge on any atom is -0.375 e. The predicted octanol–water partition coefficient (Wildman–Crippen LogP) is 13.1. The van der Waals surface area contributed by atoms with Gasteiger partial charge < -0.3 is 9.80 Å². The molecule has 2 aromatic rings. The zero-order valence-electron chi connectivity index (χ0n) is 31.0. The lowest BCUT2D eigenvalue weighted by Crippen LogP contribution is -2.32. The predicted molar refractivity (Wildman–Crippen MR) is 218 cm³/mol. The highest BCUT2D eigenvalue weighted by molar-refractivity contribution is 8.16. The molecule has 1 aliphatic rings. The first kappa shape index (κ1) is 40.6. The van der Waals surface area contributed by atoms with E-state index in [0.29, 0.717) is 12.3 Å². The molecule has 0 unspecified atom stereocenters. The number of thioether (sulfide) groups is 2. The number of rotatable bonds is 27. The molecular formula is C43H68N2OS2. The largest absolute Gasteiger partial charge is 0.375 e. The van der Waals surface area contributed by atoms with Gasteiger partial charge >= 0.3 is 0 Å². The maximum atomic E-state index is 13.3. The second-order valence-electron chi connectivity index (χ2n) is 13.8. The smallest absolute Gasteiger partial charge is 0.222 e. The Morgan fingerprint density at radius 2 is 0.979 bits per heavy atom. The molecule has 0 spiro atoms. The number of hydrogen-bond donors (Lipinski definition) is 0. The van der Waals surface area contributed by atoms with E-state index in [0.717, 1.165) is 44.6 Å². The van der Waals surface area contributed by atoms with Crippen molar-refractivity contribution in [2.75, 3.05) is 43.1 Å². The Morgan fingerprint density at radius 3 is 1.50 bits per heavy atom. The summed E-state index contributed by atoms with van der Waals surface area (Å²) in [6, 6.07) is 20.0. The van der Waals surface area contributed by atoms with Crippen LogP contribution in [-0.4, -0.2) is 49.0 Å². The molecule has 0 radical (unpaired) electrons. The lowest BCUT2D eigenvalue weighted by atomic mass is 10.1. The van der Waals surface area contributed by atoms with Gasteiger partial charge in [-0.3, -0.25) is 4.79 Å². The van der Waals surface area contributed by atoms with Gasteiger partial charge in [0, 0.05) is 60.1 Å². The molecule has 0 saturated carbocycles. The Kier molecular flexibility index (Phi) is 22.0. The van der Waals surface area contributed by atoms with Crippen molar-refractivity contribution in [3.8, 4) is 0 Å². The lowest BCUT2D eigenvalue weighted by molar-refractivity contribution is -0.131. The van der Waals surface area contributed by atoms with Crippen molar-refractivity contribution in [3.05, 3.63) is 65.7 Å². The molecule has 0 aromatic heterocycles. The molecule has 268 valence electrons. The van der Waals surface area contributed by atoms with Gasteiger partial charge in [0.2, 0.25) is 5.91 Å². The van der Waals surface area contributed by atoms with Gasteiger partial charge in [-0.2, -0.15) is 0 Å². The maximum Gasteiger partial charge on any atom is 0.222 e. The third kappa shape index (κ3) is 16.2. The van der Waals surface area contributed by atoms with E-state index in [1.807, 2.05) is 23.5 Å². The van der Waals surface area contributed by atoms with Crippen molar-refractivity contribution in [2.45, 2.75) is 142 Å². The maximum absolute atomic E-state index is 13.3. The molecule has 0 aliphatic carbocycles. The summed E-state index contributed by atoms with van der Waals surface area (Å²) in [6.07, 6.45) is 25.1. The van der Waals surface area contributed by atoms with Crippen molar-refractivity contribution in [1.29, 1.82) is 0 Å². The Labute approximate surface area is 304 Å². The zero-order chi connectivity index (χ0) is 34.1. The zero-order valence-corrected chi connectivity index (χ0v) is 32.6. The van der Waals surface area contributed by atoms with Crippen LogP contribution < -0.4 is 4.90 Å². The molecule has 1 heterocycles. The van der Waals surface area contributed by atoms with Gasteiger partial charge in [-0.25, -0.2) is 0 Å². The van der Waals surface area contributed by atoms with E-state index in [-0.39, 0.29) is 0 Å². The Bertz CT molecular complexity index is 1110. The SMILES string of the molecule is CCCCCCCCCCN(CCCCCCCCCC)C(=O)CCCCCN(C)c1ccc(C2=C(c3ccccc3)SCCS2)cc1. The summed E-state index contributed by atoms with van der Waals surface area (Å²) in [5.41, 5.74) is 3.92. The van der Waals surface area contributed by atoms with Crippen molar-refractivity contribution >= 4 is 44.9 Å². The average molecular weight is 693 g/mol. The number of carbonyl (C=O) groups is 1. The molecule has 0 N–H and O–H groups in total. The van der Waals surface area contributed by atoms with Crippen LogP contribution in [0.1, 0.15) is 153 Å². The van der Waals surface area contributed by atoms with Gasteiger partial charge in [0.05, 0.1) is 0 Å². The number of amides is 1. The molecule has 0 saturated heterocycles. The first-order chi connectivity index (χ1) is 23.6. The molecule has 3 rings (SSSR count). The van der Waals surface area contributed by atoms with E-state index < -0.39 is 0 Å². The lowest BCUT2D eigenvalue weighted by Gasteiger charge is -2.23. The molecule has 0 atom stereocenters. The number of benzene rings is 2. The van der Waals surface area contributed by atoms with Crippen molar-refractivity contribution in [3.63, 3.8) is 0 Å². The first-order valence-corrected chi connectivity index (χ1v) is 21.8. The van der Waals surface area contributed by atoms with E-state index >= 15 is 0 Å². The van der Waals surface area contributed by atoms with Crippen LogP contribution in [0.2, 0.25) is 0 Å². The average Bonchev–Trinajstić information content (AvgIpc) is 3.13. The monoisotopic (exact) mass is 692 g/mol. The fourth-order valence-corrected chi connectivity index (χ4v) is 9.16. The van der Waals surface area contributed by atoms with E-state index in [1.54, 1.807) is 0 Å². The van der Waals surface area contributed by atoms with Crippen LogP contribution >= 0.6 is 23.5 Å². The van der Waals surface area contributed by atoms with Crippen molar-refractivity contribution < 1.29 is 4.79 Å². The molecule has 3 nitrogen and oxygen atoms in total. The number of hydrogen-bond acceptors (Lipinski definition) is 4. The summed E-state index contributed by atoms with van der Waals surface area (Å²) in [5.74, 6) is 2.73. The molecule has 1 amide bonds. The van der Waals surface area contributed by atoms with Crippen LogP contribution in [0.5, 0.6) is 0 Å². The van der Waals surface area contributed by atoms with Crippen LogP contribution in [0.25, 0.3) is 9.81 Å². The highest BCUT2D eigenvalue weighted by atomic mass is 32.2. The van der Waals surface area contributed by atoms with Crippen LogP contribution in [0.4, 0.5) is 5.69 Å². The number of anilines is 1. The molecule has 48 heavy (non-hydrogen) atoms. The summed E-state index contributed by atoms with van der Waals surface area (Å²) in [5, 5.41) is 0. The molecule has 2 aromatic carbocycles. The van der Waals surface area contributed by atoms with Gasteiger partial charge in [-0.15, -0.1) is 23.5 Å². The van der Waals surface area contributed by atoms with Gasteiger partial charge in [0.15, 0.2) is 0 Å². The van der Waals surface area contributed by atoms with Crippen LogP contribution in [0.15, 0.2) is 54.6 Å². The second-order valence-corrected chi connectivity index (χ2v) is 16.0. The van der Waals surface area contributed by atoms with Crippen molar-refractivity contribution in [2.24, 2.45) is 0 Å².